The summed E-state index contributed by atoms with van der Waals surface area (Å²) in [7, 11) is -3.74. The van der Waals surface area contributed by atoms with Crippen molar-refractivity contribution < 1.29 is 26.9 Å². The minimum absolute atomic E-state index is 0.0353. The highest BCUT2D eigenvalue weighted by molar-refractivity contribution is 7.86. The minimum Gasteiger partial charge on any atom is -0.444 e. The second kappa shape index (κ2) is 10.5. The molecule has 0 unspecified atom stereocenters. The van der Waals surface area contributed by atoms with Crippen molar-refractivity contribution in [3.05, 3.63) is 29.8 Å². The number of hydrogen-bond donors (Lipinski definition) is 1. The molecule has 0 aliphatic carbocycles. The van der Waals surface area contributed by atoms with Crippen LogP contribution in [0.3, 0.4) is 0 Å². The van der Waals surface area contributed by atoms with Crippen molar-refractivity contribution in [2.45, 2.75) is 51.0 Å². The molecule has 0 aliphatic rings. The van der Waals surface area contributed by atoms with E-state index >= 15 is 0 Å². The number of aryl methyl sites for hydroxylation is 1. The summed E-state index contributed by atoms with van der Waals surface area (Å²) in [5, 5.41) is 2.66. The predicted molar refractivity (Wildman–Crippen MR) is 98.6 cm³/mol. The average molecular weight is 387 g/mol. The SMILES string of the molecule is Cc1ccc(S(=O)(=O)OCCOCCCCNC(=O)OC(C)(C)C)cc1. The molecule has 0 aliphatic heterocycles. The van der Waals surface area contributed by atoms with E-state index < -0.39 is 21.8 Å². The summed E-state index contributed by atoms with van der Waals surface area (Å²) in [4.78, 5) is 11.6. The van der Waals surface area contributed by atoms with Gasteiger partial charge in [-0.1, -0.05) is 17.7 Å². The van der Waals surface area contributed by atoms with Crippen molar-refractivity contribution in [2.75, 3.05) is 26.4 Å². The first-order valence-corrected chi connectivity index (χ1v) is 10.0. The Bertz CT molecular complexity index is 649. The number of benzene rings is 1. The van der Waals surface area contributed by atoms with E-state index in [-0.39, 0.29) is 18.1 Å². The first kappa shape index (κ1) is 22.4. The summed E-state index contributed by atoms with van der Waals surface area (Å²) < 4.78 is 39.3. The van der Waals surface area contributed by atoms with Gasteiger partial charge in [-0.2, -0.15) is 8.42 Å². The number of alkyl carbamates (subject to hydrolysis) is 1. The van der Waals surface area contributed by atoms with E-state index in [0.717, 1.165) is 18.4 Å². The lowest BCUT2D eigenvalue weighted by Gasteiger charge is -2.19. The number of amides is 1. The van der Waals surface area contributed by atoms with Crippen LogP contribution in [0.1, 0.15) is 39.2 Å². The Hall–Kier alpha value is -1.64. The molecule has 0 spiro atoms. The largest absolute Gasteiger partial charge is 0.444 e. The van der Waals surface area contributed by atoms with Crippen LogP contribution in [0.4, 0.5) is 4.79 Å². The quantitative estimate of drug-likeness (QED) is 0.490. The fourth-order valence-electron chi connectivity index (χ4n) is 1.91. The third-order valence-corrected chi connectivity index (χ3v) is 4.49. The first-order chi connectivity index (χ1) is 12.1. The van der Waals surface area contributed by atoms with Gasteiger partial charge in [0, 0.05) is 13.2 Å². The molecule has 0 saturated carbocycles. The zero-order valence-corrected chi connectivity index (χ0v) is 16.7. The lowest BCUT2D eigenvalue weighted by Crippen LogP contribution is -2.33. The molecule has 7 nitrogen and oxygen atoms in total. The van der Waals surface area contributed by atoms with E-state index in [1.54, 1.807) is 12.1 Å². The Kier molecular flexibility index (Phi) is 9.04. The number of rotatable bonds is 10. The Morgan fingerprint density at radius 3 is 2.31 bits per heavy atom. The third kappa shape index (κ3) is 9.74. The summed E-state index contributed by atoms with van der Waals surface area (Å²) >= 11 is 0. The molecule has 8 heteroatoms. The molecule has 0 bridgehead atoms. The van der Waals surface area contributed by atoms with Gasteiger partial charge in [0.25, 0.3) is 10.1 Å². The Morgan fingerprint density at radius 2 is 1.69 bits per heavy atom. The van der Waals surface area contributed by atoms with Crippen molar-refractivity contribution >= 4 is 16.2 Å². The van der Waals surface area contributed by atoms with Crippen LogP contribution >= 0.6 is 0 Å². The van der Waals surface area contributed by atoms with E-state index in [1.165, 1.54) is 12.1 Å². The summed E-state index contributed by atoms with van der Waals surface area (Å²) in [6, 6.07) is 6.47. The van der Waals surface area contributed by atoms with Crippen LogP contribution in [0.5, 0.6) is 0 Å². The van der Waals surface area contributed by atoms with Crippen LogP contribution in [-0.4, -0.2) is 46.5 Å². The standard InChI is InChI=1S/C18H29NO6S/c1-15-7-9-16(10-8-15)26(21,22)24-14-13-23-12-6-5-11-19-17(20)25-18(2,3)4/h7-10H,5-6,11-14H2,1-4H3,(H,19,20). The molecule has 0 saturated heterocycles. The van der Waals surface area contributed by atoms with Crippen molar-refractivity contribution in [3.8, 4) is 0 Å². The van der Waals surface area contributed by atoms with E-state index in [9.17, 15) is 13.2 Å². The van der Waals surface area contributed by atoms with Gasteiger partial charge in [0.2, 0.25) is 0 Å². The molecule has 148 valence electrons. The molecule has 0 radical (unpaired) electrons. The molecule has 1 amide bonds. The number of ether oxygens (including phenoxy) is 2. The topological polar surface area (TPSA) is 90.9 Å². The van der Waals surface area contributed by atoms with Crippen LogP contribution < -0.4 is 5.32 Å². The molecule has 1 N–H and O–H groups in total. The fraction of sp³-hybridized carbons (Fsp3) is 0.611. The zero-order chi connectivity index (χ0) is 19.6. The molecule has 1 aromatic carbocycles. The van der Waals surface area contributed by atoms with Crippen LogP contribution in [0.25, 0.3) is 0 Å². The van der Waals surface area contributed by atoms with E-state index in [2.05, 4.69) is 5.32 Å². The number of carbonyl (C=O) groups is 1. The summed E-state index contributed by atoms with van der Waals surface area (Å²) in [5.74, 6) is 0. The van der Waals surface area contributed by atoms with Gasteiger partial charge < -0.3 is 14.8 Å². The van der Waals surface area contributed by atoms with Crippen LogP contribution in [0, 0.1) is 6.92 Å². The average Bonchev–Trinajstić information content (AvgIpc) is 2.52. The lowest BCUT2D eigenvalue weighted by atomic mass is 10.2. The molecule has 1 aromatic rings. The van der Waals surface area contributed by atoms with E-state index in [0.29, 0.717) is 13.2 Å². The maximum absolute atomic E-state index is 12.0. The van der Waals surface area contributed by atoms with E-state index in [4.69, 9.17) is 13.7 Å². The van der Waals surface area contributed by atoms with Gasteiger partial charge >= 0.3 is 6.09 Å². The molecule has 0 heterocycles. The Labute approximate surface area is 156 Å². The smallest absolute Gasteiger partial charge is 0.407 e. The van der Waals surface area contributed by atoms with Crippen LogP contribution in [-0.2, 0) is 23.8 Å². The normalized spacial score (nSPS) is 12.0. The van der Waals surface area contributed by atoms with Crippen molar-refractivity contribution in [1.29, 1.82) is 0 Å². The third-order valence-electron chi connectivity index (χ3n) is 3.16. The maximum atomic E-state index is 12.0. The monoisotopic (exact) mass is 387 g/mol. The summed E-state index contributed by atoms with van der Waals surface area (Å²) in [6.07, 6.45) is 1.04. The Morgan fingerprint density at radius 1 is 1.04 bits per heavy atom. The second-order valence-corrected chi connectivity index (χ2v) is 8.45. The molecular formula is C18H29NO6S. The first-order valence-electron chi connectivity index (χ1n) is 8.61. The highest BCUT2D eigenvalue weighted by Gasteiger charge is 2.15. The molecule has 26 heavy (non-hydrogen) atoms. The highest BCUT2D eigenvalue weighted by Crippen LogP contribution is 2.13. The van der Waals surface area contributed by atoms with Crippen molar-refractivity contribution in [2.24, 2.45) is 0 Å². The van der Waals surface area contributed by atoms with Crippen LogP contribution in [0.15, 0.2) is 29.2 Å². The molecule has 1 rings (SSSR count). The zero-order valence-electron chi connectivity index (χ0n) is 15.9. The Balaban J connectivity index is 2.07. The van der Waals surface area contributed by atoms with Gasteiger partial charge in [-0.05, 0) is 52.7 Å². The lowest BCUT2D eigenvalue weighted by molar-refractivity contribution is 0.0523. The van der Waals surface area contributed by atoms with Gasteiger partial charge in [-0.25, -0.2) is 4.79 Å². The predicted octanol–water partition coefficient (Wildman–Crippen LogP) is 3.02. The molecule has 0 aromatic heterocycles. The van der Waals surface area contributed by atoms with Gasteiger partial charge in [-0.3, -0.25) is 4.18 Å². The highest BCUT2D eigenvalue weighted by atomic mass is 32.2. The molecule has 0 fully saturated rings. The molecular weight excluding hydrogens is 358 g/mol. The molecule has 0 atom stereocenters. The van der Waals surface area contributed by atoms with Crippen molar-refractivity contribution in [3.63, 3.8) is 0 Å². The fourth-order valence-corrected chi connectivity index (χ4v) is 2.80. The maximum Gasteiger partial charge on any atom is 0.407 e. The summed E-state index contributed by atoms with van der Waals surface area (Å²) in [6.45, 7) is 8.41. The second-order valence-electron chi connectivity index (χ2n) is 6.84. The van der Waals surface area contributed by atoms with Gasteiger partial charge in [0.1, 0.15) is 5.60 Å². The number of nitrogens with one attached hydrogen (secondary N) is 1. The van der Waals surface area contributed by atoms with Gasteiger partial charge in [0.05, 0.1) is 18.1 Å². The van der Waals surface area contributed by atoms with Gasteiger partial charge in [0.15, 0.2) is 0 Å². The minimum atomic E-state index is -3.74. The number of unbranched alkanes of at least 4 members (excludes halogenated alkanes) is 1. The van der Waals surface area contributed by atoms with Crippen molar-refractivity contribution in [1.82, 2.24) is 5.32 Å². The van der Waals surface area contributed by atoms with Gasteiger partial charge in [-0.15, -0.1) is 0 Å². The van der Waals surface area contributed by atoms with E-state index in [1.807, 2.05) is 27.7 Å². The number of hydrogen-bond acceptors (Lipinski definition) is 6. The van der Waals surface area contributed by atoms with Crippen LogP contribution in [0.2, 0.25) is 0 Å². The number of carbonyl (C=O) groups excluding carboxylic acids is 1. The summed E-state index contributed by atoms with van der Waals surface area (Å²) in [5.41, 5.74) is 0.472.